The summed E-state index contributed by atoms with van der Waals surface area (Å²) in [6, 6.07) is 1.84. The highest BCUT2D eigenvalue weighted by Crippen LogP contribution is 2.19. The monoisotopic (exact) mass is 242 g/mol. The van der Waals surface area contributed by atoms with Gasteiger partial charge in [-0.05, 0) is 19.1 Å². The number of thioether (sulfide) groups is 1. The number of nitrogens with one attached hydrogen (secondary N) is 1. The predicted octanol–water partition coefficient (Wildman–Crippen LogP) is 1.80. The van der Waals surface area contributed by atoms with Crippen molar-refractivity contribution in [1.29, 1.82) is 0 Å². The van der Waals surface area contributed by atoms with E-state index in [2.05, 4.69) is 22.3 Å². The summed E-state index contributed by atoms with van der Waals surface area (Å²) in [5.41, 5.74) is 2.54. The molecule has 0 aliphatic rings. The molecule has 1 aromatic rings. The SMILES string of the molecule is CCCSc1cc(NN)nc(COCC)n1. The molecule has 0 saturated heterocycles. The van der Waals surface area contributed by atoms with Crippen molar-refractivity contribution in [2.75, 3.05) is 17.8 Å². The van der Waals surface area contributed by atoms with E-state index in [1.54, 1.807) is 11.8 Å². The number of rotatable bonds is 7. The van der Waals surface area contributed by atoms with Gasteiger partial charge in [-0.3, -0.25) is 0 Å². The van der Waals surface area contributed by atoms with Gasteiger partial charge in [-0.1, -0.05) is 6.92 Å². The van der Waals surface area contributed by atoms with Gasteiger partial charge in [0.1, 0.15) is 17.5 Å². The van der Waals surface area contributed by atoms with Crippen LogP contribution in [0.3, 0.4) is 0 Å². The van der Waals surface area contributed by atoms with E-state index in [0.29, 0.717) is 24.9 Å². The molecule has 0 unspecified atom stereocenters. The molecule has 0 saturated carbocycles. The molecule has 0 spiro atoms. The lowest BCUT2D eigenvalue weighted by molar-refractivity contribution is 0.128. The van der Waals surface area contributed by atoms with Crippen molar-refractivity contribution in [3.05, 3.63) is 11.9 Å². The minimum atomic E-state index is 0.422. The summed E-state index contributed by atoms with van der Waals surface area (Å²) < 4.78 is 5.28. The van der Waals surface area contributed by atoms with Gasteiger partial charge < -0.3 is 10.2 Å². The third-order valence-corrected chi connectivity index (χ3v) is 2.90. The van der Waals surface area contributed by atoms with Gasteiger partial charge >= 0.3 is 0 Å². The van der Waals surface area contributed by atoms with E-state index >= 15 is 0 Å². The van der Waals surface area contributed by atoms with Crippen LogP contribution in [0.15, 0.2) is 11.1 Å². The Morgan fingerprint density at radius 3 is 2.88 bits per heavy atom. The number of hydrogen-bond acceptors (Lipinski definition) is 6. The van der Waals surface area contributed by atoms with E-state index in [-0.39, 0.29) is 0 Å². The third-order valence-electron chi connectivity index (χ3n) is 1.79. The zero-order valence-electron chi connectivity index (χ0n) is 9.69. The van der Waals surface area contributed by atoms with Crippen LogP contribution in [0.1, 0.15) is 26.1 Å². The van der Waals surface area contributed by atoms with Gasteiger partial charge in [-0.25, -0.2) is 15.8 Å². The van der Waals surface area contributed by atoms with Gasteiger partial charge in [0, 0.05) is 12.7 Å². The fourth-order valence-corrected chi connectivity index (χ4v) is 1.86. The van der Waals surface area contributed by atoms with Gasteiger partial charge in [0.2, 0.25) is 0 Å². The van der Waals surface area contributed by atoms with Crippen molar-refractivity contribution in [3.8, 4) is 0 Å². The molecule has 90 valence electrons. The number of aromatic nitrogens is 2. The summed E-state index contributed by atoms with van der Waals surface area (Å²) in [6.07, 6.45) is 1.11. The molecule has 3 N–H and O–H groups in total. The average Bonchev–Trinajstić information content (AvgIpc) is 2.33. The van der Waals surface area contributed by atoms with Crippen molar-refractivity contribution in [2.24, 2.45) is 5.84 Å². The maximum absolute atomic E-state index is 5.35. The molecule has 0 radical (unpaired) electrons. The van der Waals surface area contributed by atoms with E-state index < -0.39 is 0 Å². The molecule has 1 rings (SSSR count). The summed E-state index contributed by atoms with van der Waals surface area (Å²) in [4.78, 5) is 8.60. The highest BCUT2D eigenvalue weighted by molar-refractivity contribution is 7.99. The smallest absolute Gasteiger partial charge is 0.157 e. The number of anilines is 1. The lowest BCUT2D eigenvalue weighted by Gasteiger charge is -2.06. The number of hydrogen-bond donors (Lipinski definition) is 2. The molecule has 1 aromatic heterocycles. The summed E-state index contributed by atoms with van der Waals surface area (Å²) in [5.74, 6) is 7.68. The van der Waals surface area contributed by atoms with Crippen LogP contribution in [-0.2, 0) is 11.3 Å². The Labute approximate surface area is 100 Å². The molecule has 0 aliphatic carbocycles. The number of nitrogens with two attached hydrogens (primary N) is 1. The Balaban J connectivity index is 2.74. The first-order valence-electron chi connectivity index (χ1n) is 5.35. The molecular weight excluding hydrogens is 224 g/mol. The molecule has 16 heavy (non-hydrogen) atoms. The quantitative estimate of drug-likeness (QED) is 0.329. The maximum Gasteiger partial charge on any atom is 0.157 e. The molecule has 0 bridgehead atoms. The molecule has 1 heterocycles. The largest absolute Gasteiger partial charge is 0.374 e. The van der Waals surface area contributed by atoms with Crippen molar-refractivity contribution in [3.63, 3.8) is 0 Å². The highest BCUT2D eigenvalue weighted by Gasteiger charge is 2.04. The van der Waals surface area contributed by atoms with Crippen molar-refractivity contribution < 1.29 is 4.74 Å². The number of nitrogens with zero attached hydrogens (tertiary/aromatic N) is 2. The van der Waals surface area contributed by atoms with Crippen LogP contribution in [0.5, 0.6) is 0 Å². The van der Waals surface area contributed by atoms with Gasteiger partial charge in [0.05, 0.1) is 0 Å². The van der Waals surface area contributed by atoms with Crippen LogP contribution in [-0.4, -0.2) is 22.3 Å². The second kappa shape index (κ2) is 7.43. The van der Waals surface area contributed by atoms with Crippen LogP contribution in [0, 0.1) is 0 Å². The van der Waals surface area contributed by atoms with Gasteiger partial charge in [0.25, 0.3) is 0 Å². The fraction of sp³-hybridized carbons (Fsp3) is 0.600. The molecular formula is C10H18N4OS. The minimum Gasteiger partial charge on any atom is -0.374 e. The zero-order chi connectivity index (χ0) is 11.8. The standard InChI is InChI=1S/C10H18N4OS/c1-3-5-16-10-6-8(14-11)12-9(13-10)7-15-4-2/h6H,3-5,7,11H2,1-2H3,(H,12,13,14). The number of ether oxygens (including phenoxy) is 1. The molecule has 0 amide bonds. The van der Waals surface area contributed by atoms with Gasteiger partial charge in [-0.15, -0.1) is 11.8 Å². The van der Waals surface area contributed by atoms with Gasteiger partial charge in [-0.2, -0.15) is 0 Å². The predicted molar refractivity (Wildman–Crippen MR) is 66.2 cm³/mol. The molecule has 0 aliphatic heterocycles. The molecule has 0 fully saturated rings. The van der Waals surface area contributed by atoms with Crippen molar-refractivity contribution in [1.82, 2.24) is 9.97 Å². The topological polar surface area (TPSA) is 73.1 Å². The zero-order valence-corrected chi connectivity index (χ0v) is 10.5. The second-order valence-corrected chi connectivity index (χ2v) is 4.25. The van der Waals surface area contributed by atoms with Gasteiger partial charge in [0.15, 0.2) is 5.82 Å². The van der Waals surface area contributed by atoms with Crippen LogP contribution in [0.25, 0.3) is 0 Å². The minimum absolute atomic E-state index is 0.422. The summed E-state index contributed by atoms with van der Waals surface area (Å²) in [7, 11) is 0. The Kier molecular flexibility index (Phi) is 6.14. The second-order valence-electron chi connectivity index (χ2n) is 3.14. The Morgan fingerprint density at radius 1 is 1.44 bits per heavy atom. The average molecular weight is 242 g/mol. The molecule has 0 aromatic carbocycles. The fourth-order valence-electron chi connectivity index (χ4n) is 1.09. The third kappa shape index (κ3) is 4.34. The first kappa shape index (κ1) is 13.2. The molecule has 6 heteroatoms. The molecule has 0 atom stereocenters. The lowest BCUT2D eigenvalue weighted by atomic mass is 10.5. The van der Waals surface area contributed by atoms with E-state index in [1.165, 1.54) is 0 Å². The van der Waals surface area contributed by atoms with Crippen molar-refractivity contribution in [2.45, 2.75) is 31.9 Å². The van der Waals surface area contributed by atoms with Crippen LogP contribution < -0.4 is 11.3 Å². The maximum atomic E-state index is 5.35. The first-order chi connectivity index (χ1) is 7.80. The summed E-state index contributed by atoms with van der Waals surface area (Å²) >= 11 is 1.70. The number of hydrazine groups is 1. The lowest BCUT2D eigenvalue weighted by Crippen LogP contribution is -2.11. The Hall–Kier alpha value is -0.850. The van der Waals surface area contributed by atoms with Crippen LogP contribution in [0.2, 0.25) is 0 Å². The first-order valence-corrected chi connectivity index (χ1v) is 6.33. The van der Waals surface area contributed by atoms with E-state index in [9.17, 15) is 0 Å². The van der Waals surface area contributed by atoms with E-state index in [0.717, 1.165) is 17.2 Å². The van der Waals surface area contributed by atoms with E-state index in [1.807, 2.05) is 13.0 Å². The normalized spacial score (nSPS) is 10.4. The van der Waals surface area contributed by atoms with E-state index in [4.69, 9.17) is 10.6 Å². The highest BCUT2D eigenvalue weighted by atomic mass is 32.2. The Morgan fingerprint density at radius 2 is 2.25 bits per heavy atom. The summed E-state index contributed by atoms with van der Waals surface area (Å²) in [6.45, 7) is 5.15. The van der Waals surface area contributed by atoms with Crippen molar-refractivity contribution >= 4 is 17.6 Å². The van der Waals surface area contributed by atoms with Crippen LogP contribution >= 0.6 is 11.8 Å². The Bertz CT molecular complexity index is 295. The molecule has 5 nitrogen and oxygen atoms in total. The van der Waals surface area contributed by atoms with Crippen LogP contribution in [0.4, 0.5) is 5.82 Å². The summed E-state index contributed by atoms with van der Waals surface area (Å²) in [5, 5.41) is 0.930. The number of nitrogen functional groups attached to an aromatic ring is 1.